The molecule has 33 heavy (non-hydrogen) atoms. The molecule has 0 spiro atoms. The molecule has 1 N–H and O–H groups in total. The first-order chi connectivity index (χ1) is 15.8. The summed E-state index contributed by atoms with van der Waals surface area (Å²) in [6.07, 6.45) is 1.51. The standard InChI is InChI=1S/C24H18BrN3O5/c1-13-9-15(14(2)27(13)19-6-4-3-5-18(19)25)10-17-22(29)26-24(31)28(23(17)30)16-7-8-20-21(11-16)33-12-32-20/h3-11H,12H2,1-2H3,(H,26,29,31)/b17-10+. The first-order valence-electron chi connectivity index (χ1n) is 10.1. The van der Waals surface area contributed by atoms with Crippen molar-refractivity contribution in [3.05, 3.63) is 75.5 Å². The van der Waals surface area contributed by atoms with Gasteiger partial charge in [0.15, 0.2) is 11.5 Å². The number of anilines is 1. The van der Waals surface area contributed by atoms with Gasteiger partial charge in [-0.05, 0) is 71.7 Å². The van der Waals surface area contributed by atoms with Crippen molar-refractivity contribution in [2.75, 3.05) is 11.7 Å². The Kier molecular flexibility index (Phi) is 5.05. The van der Waals surface area contributed by atoms with Crippen molar-refractivity contribution in [1.82, 2.24) is 9.88 Å². The first kappa shape index (κ1) is 21.0. The summed E-state index contributed by atoms with van der Waals surface area (Å²) < 4.78 is 13.6. The summed E-state index contributed by atoms with van der Waals surface area (Å²) in [5.41, 5.74) is 3.55. The lowest BCUT2D eigenvalue weighted by Crippen LogP contribution is -2.54. The average molecular weight is 508 g/mol. The number of urea groups is 1. The Bertz CT molecular complexity index is 1370. The van der Waals surface area contributed by atoms with E-state index in [1.807, 2.05) is 48.7 Å². The SMILES string of the molecule is Cc1cc(/C=C2\C(=O)NC(=O)N(c3ccc4c(c3)OCO4)C2=O)c(C)n1-c1ccccc1Br. The molecule has 4 amide bonds. The Morgan fingerprint density at radius 3 is 2.55 bits per heavy atom. The van der Waals surface area contributed by atoms with E-state index in [2.05, 4.69) is 21.2 Å². The molecule has 0 radical (unpaired) electrons. The summed E-state index contributed by atoms with van der Waals surface area (Å²) in [4.78, 5) is 39.3. The van der Waals surface area contributed by atoms with Crippen molar-refractivity contribution >= 4 is 45.5 Å². The highest BCUT2D eigenvalue weighted by molar-refractivity contribution is 9.10. The lowest BCUT2D eigenvalue weighted by atomic mass is 10.1. The monoisotopic (exact) mass is 507 g/mol. The van der Waals surface area contributed by atoms with Crippen LogP contribution >= 0.6 is 15.9 Å². The van der Waals surface area contributed by atoms with Gasteiger partial charge >= 0.3 is 6.03 Å². The molecule has 2 aromatic carbocycles. The van der Waals surface area contributed by atoms with Gasteiger partial charge in [0.1, 0.15) is 5.57 Å². The predicted octanol–water partition coefficient (Wildman–Crippen LogP) is 4.25. The van der Waals surface area contributed by atoms with E-state index in [1.165, 1.54) is 12.1 Å². The molecule has 5 rings (SSSR count). The Labute approximate surface area is 197 Å². The van der Waals surface area contributed by atoms with Gasteiger partial charge in [0, 0.05) is 21.9 Å². The Balaban J connectivity index is 1.55. The summed E-state index contributed by atoms with van der Waals surface area (Å²) in [6, 6.07) is 13.6. The summed E-state index contributed by atoms with van der Waals surface area (Å²) in [7, 11) is 0. The van der Waals surface area contributed by atoms with Crippen LogP contribution < -0.4 is 19.7 Å². The molecule has 1 aromatic heterocycles. The Morgan fingerprint density at radius 1 is 1.00 bits per heavy atom. The number of ether oxygens (including phenoxy) is 2. The molecule has 2 aliphatic heterocycles. The van der Waals surface area contributed by atoms with Crippen LogP contribution in [0, 0.1) is 13.8 Å². The first-order valence-corrected chi connectivity index (χ1v) is 10.9. The number of halogens is 1. The number of para-hydroxylation sites is 1. The van der Waals surface area contributed by atoms with Crippen LogP contribution in [-0.4, -0.2) is 29.2 Å². The van der Waals surface area contributed by atoms with Crippen LogP contribution in [0.2, 0.25) is 0 Å². The highest BCUT2D eigenvalue weighted by Crippen LogP contribution is 2.36. The number of barbiturate groups is 1. The van der Waals surface area contributed by atoms with E-state index in [0.29, 0.717) is 17.1 Å². The number of hydrogen-bond acceptors (Lipinski definition) is 5. The van der Waals surface area contributed by atoms with Gasteiger partial charge in [-0.25, -0.2) is 9.69 Å². The lowest BCUT2D eigenvalue weighted by Gasteiger charge is -2.26. The van der Waals surface area contributed by atoms with Crippen molar-refractivity contribution in [3.8, 4) is 17.2 Å². The highest BCUT2D eigenvalue weighted by Gasteiger charge is 2.37. The number of benzene rings is 2. The normalized spacial score (nSPS) is 16.5. The summed E-state index contributed by atoms with van der Waals surface area (Å²) in [6.45, 7) is 3.92. The quantitative estimate of drug-likeness (QED) is 0.422. The zero-order valence-corrected chi connectivity index (χ0v) is 19.3. The number of imide groups is 2. The van der Waals surface area contributed by atoms with E-state index in [1.54, 1.807) is 12.1 Å². The number of hydrogen-bond donors (Lipinski definition) is 1. The second-order valence-electron chi connectivity index (χ2n) is 7.61. The van der Waals surface area contributed by atoms with Gasteiger partial charge in [-0.2, -0.15) is 0 Å². The number of aryl methyl sites for hydroxylation is 1. The van der Waals surface area contributed by atoms with Crippen LogP contribution in [0.1, 0.15) is 17.0 Å². The number of nitrogens with zero attached hydrogens (tertiary/aromatic N) is 2. The van der Waals surface area contributed by atoms with Crippen molar-refractivity contribution in [2.45, 2.75) is 13.8 Å². The van der Waals surface area contributed by atoms with Crippen molar-refractivity contribution in [2.24, 2.45) is 0 Å². The topological polar surface area (TPSA) is 89.9 Å². The van der Waals surface area contributed by atoms with Gasteiger partial charge in [0.25, 0.3) is 11.8 Å². The molecule has 9 heteroatoms. The minimum Gasteiger partial charge on any atom is -0.454 e. The van der Waals surface area contributed by atoms with E-state index < -0.39 is 17.8 Å². The van der Waals surface area contributed by atoms with E-state index in [9.17, 15) is 14.4 Å². The maximum absolute atomic E-state index is 13.3. The van der Waals surface area contributed by atoms with Crippen molar-refractivity contribution < 1.29 is 23.9 Å². The second kappa shape index (κ2) is 7.93. The van der Waals surface area contributed by atoms with E-state index in [-0.39, 0.29) is 18.1 Å². The predicted molar refractivity (Wildman–Crippen MR) is 125 cm³/mol. The van der Waals surface area contributed by atoms with Gasteiger partial charge in [0.05, 0.1) is 11.4 Å². The zero-order valence-electron chi connectivity index (χ0n) is 17.7. The third kappa shape index (κ3) is 3.50. The maximum atomic E-state index is 13.3. The molecule has 1 fully saturated rings. The molecule has 8 nitrogen and oxygen atoms in total. The van der Waals surface area contributed by atoms with Crippen molar-refractivity contribution in [1.29, 1.82) is 0 Å². The van der Waals surface area contributed by atoms with Gasteiger partial charge in [-0.3, -0.25) is 14.9 Å². The molecule has 1 saturated heterocycles. The van der Waals surface area contributed by atoms with Crippen LogP contribution in [0.15, 0.2) is 58.6 Å². The van der Waals surface area contributed by atoms with Crippen LogP contribution in [0.4, 0.5) is 10.5 Å². The smallest absolute Gasteiger partial charge is 0.335 e. The fraction of sp³-hybridized carbons (Fsp3) is 0.125. The number of rotatable bonds is 3. The van der Waals surface area contributed by atoms with Crippen LogP contribution in [-0.2, 0) is 9.59 Å². The van der Waals surface area contributed by atoms with Crippen LogP contribution in [0.5, 0.6) is 11.5 Å². The third-order valence-corrected chi connectivity index (χ3v) is 6.25. The molecule has 0 unspecified atom stereocenters. The van der Waals surface area contributed by atoms with E-state index in [4.69, 9.17) is 9.47 Å². The molecule has 166 valence electrons. The fourth-order valence-corrected chi connectivity index (χ4v) is 4.47. The number of carbonyl (C=O) groups excluding carboxylic acids is 3. The average Bonchev–Trinajstić information content (AvgIpc) is 3.35. The summed E-state index contributed by atoms with van der Waals surface area (Å²) in [5.74, 6) is -0.511. The third-order valence-electron chi connectivity index (χ3n) is 5.58. The van der Waals surface area contributed by atoms with Gasteiger partial charge in [-0.15, -0.1) is 0 Å². The lowest BCUT2D eigenvalue weighted by molar-refractivity contribution is -0.122. The maximum Gasteiger partial charge on any atom is 0.335 e. The van der Waals surface area contributed by atoms with E-state index in [0.717, 1.165) is 26.4 Å². The summed E-state index contributed by atoms with van der Waals surface area (Å²) >= 11 is 3.57. The highest BCUT2D eigenvalue weighted by atomic mass is 79.9. The molecule has 3 heterocycles. The molecular formula is C24H18BrN3O5. The number of aromatic nitrogens is 1. The molecule has 0 bridgehead atoms. The minimum atomic E-state index is -0.820. The molecule has 0 saturated carbocycles. The molecule has 2 aliphatic rings. The molecule has 3 aromatic rings. The van der Waals surface area contributed by atoms with Gasteiger partial charge < -0.3 is 14.0 Å². The summed E-state index contributed by atoms with van der Waals surface area (Å²) in [5, 5.41) is 2.25. The number of nitrogens with one attached hydrogen (secondary N) is 1. The molecule has 0 aliphatic carbocycles. The second-order valence-corrected chi connectivity index (χ2v) is 8.46. The van der Waals surface area contributed by atoms with Gasteiger partial charge in [0.2, 0.25) is 6.79 Å². The number of fused-ring (bicyclic) bond motifs is 1. The largest absolute Gasteiger partial charge is 0.454 e. The number of carbonyl (C=O) groups is 3. The van der Waals surface area contributed by atoms with Crippen molar-refractivity contribution in [3.63, 3.8) is 0 Å². The molecule has 0 atom stereocenters. The molecular weight excluding hydrogens is 490 g/mol. The zero-order chi connectivity index (χ0) is 23.3. The Morgan fingerprint density at radius 2 is 1.76 bits per heavy atom. The van der Waals surface area contributed by atoms with E-state index >= 15 is 0 Å². The Hall–Kier alpha value is -3.85. The fourth-order valence-electron chi connectivity index (χ4n) is 4.01. The minimum absolute atomic E-state index is 0.0652. The van der Waals surface area contributed by atoms with Crippen LogP contribution in [0.25, 0.3) is 11.8 Å². The van der Waals surface area contributed by atoms with Gasteiger partial charge in [-0.1, -0.05) is 12.1 Å². The number of amides is 4. The van der Waals surface area contributed by atoms with Crippen LogP contribution in [0.3, 0.4) is 0 Å².